The molecule has 1 aliphatic rings. The Bertz CT molecular complexity index is 444. The summed E-state index contributed by atoms with van der Waals surface area (Å²) in [5.41, 5.74) is 0.871. The maximum absolute atomic E-state index is 6.15. The SMILES string of the molecule is C=N/N=C(/N1CCN[C@@H](C)C1)N(N)c1ccccc1. The molecule has 19 heavy (non-hydrogen) atoms. The van der Waals surface area contributed by atoms with Crippen molar-refractivity contribution in [3.8, 4) is 0 Å². The zero-order valence-corrected chi connectivity index (χ0v) is 11.2. The highest BCUT2D eigenvalue weighted by molar-refractivity contribution is 5.95. The summed E-state index contributed by atoms with van der Waals surface area (Å²) in [6, 6.07) is 10.1. The minimum Gasteiger partial charge on any atom is -0.337 e. The first kappa shape index (κ1) is 13.5. The number of nitrogens with one attached hydrogen (secondary N) is 1. The van der Waals surface area contributed by atoms with E-state index in [4.69, 9.17) is 5.84 Å². The van der Waals surface area contributed by atoms with Gasteiger partial charge in [0, 0.05) is 32.4 Å². The molecule has 2 rings (SSSR count). The minimum absolute atomic E-state index is 0.396. The summed E-state index contributed by atoms with van der Waals surface area (Å²) in [4.78, 5) is 2.11. The largest absolute Gasteiger partial charge is 0.337 e. The molecule has 0 spiro atoms. The number of para-hydroxylation sites is 1. The Balaban J connectivity index is 2.20. The Morgan fingerprint density at radius 3 is 2.84 bits per heavy atom. The molecule has 0 amide bonds. The zero-order chi connectivity index (χ0) is 13.7. The van der Waals surface area contributed by atoms with Gasteiger partial charge in [-0.25, -0.2) is 10.9 Å². The van der Waals surface area contributed by atoms with Crippen molar-refractivity contribution in [3.05, 3.63) is 30.3 Å². The van der Waals surface area contributed by atoms with E-state index in [-0.39, 0.29) is 0 Å². The number of hydrogen-bond acceptors (Lipinski definition) is 4. The Kier molecular flexibility index (Phi) is 4.48. The van der Waals surface area contributed by atoms with E-state index in [2.05, 4.69) is 34.1 Å². The minimum atomic E-state index is 0.396. The van der Waals surface area contributed by atoms with Crippen LogP contribution in [0.25, 0.3) is 0 Å². The van der Waals surface area contributed by atoms with Crippen LogP contribution in [-0.2, 0) is 0 Å². The van der Waals surface area contributed by atoms with E-state index in [9.17, 15) is 0 Å². The van der Waals surface area contributed by atoms with E-state index in [0.29, 0.717) is 12.0 Å². The van der Waals surface area contributed by atoms with Gasteiger partial charge >= 0.3 is 0 Å². The lowest BCUT2D eigenvalue weighted by atomic mass is 10.2. The van der Waals surface area contributed by atoms with Crippen LogP contribution in [0.3, 0.4) is 0 Å². The Morgan fingerprint density at radius 2 is 2.21 bits per heavy atom. The number of hydrazine groups is 1. The van der Waals surface area contributed by atoms with E-state index in [0.717, 1.165) is 25.3 Å². The van der Waals surface area contributed by atoms with Crippen molar-refractivity contribution in [2.75, 3.05) is 24.6 Å². The van der Waals surface area contributed by atoms with Crippen molar-refractivity contribution in [2.24, 2.45) is 16.0 Å². The molecule has 0 radical (unpaired) electrons. The highest BCUT2D eigenvalue weighted by atomic mass is 15.5. The molecule has 0 aromatic heterocycles. The van der Waals surface area contributed by atoms with Crippen LogP contribution in [0.1, 0.15) is 6.92 Å². The zero-order valence-electron chi connectivity index (χ0n) is 11.2. The molecule has 1 atom stereocenters. The van der Waals surface area contributed by atoms with Crippen LogP contribution in [0.5, 0.6) is 0 Å². The van der Waals surface area contributed by atoms with Crippen LogP contribution in [0.15, 0.2) is 40.5 Å². The number of benzene rings is 1. The molecule has 6 heteroatoms. The van der Waals surface area contributed by atoms with Gasteiger partial charge in [0.25, 0.3) is 0 Å². The van der Waals surface area contributed by atoms with Crippen molar-refractivity contribution in [1.82, 2.24) is 10.2 Å². The lowest BCUT2D eigenvalue weighted by Crippen LogP contribution is -2.57. The molecule has 102 valence electrons. The number of nitrogens with zero attached hydrogens (tertiary/aromatic N) is 4. The average molecular weight is 260 g/mol. The van der Waals surface area contributed by atoms with Crippen LogP contribution in [0.4, 0.5) is 5.69 Å². The molecule has 1 aromatic carbocycles. The molecule has 1 saturated heterocycles. The average Bonchev–Trinajstić information content (AvgIpc) is 2.45. The van der Waals surface area contributed by atoms with Gasteiger partial charge < -0.3 is 10.2 Å². The standard InChI is InChI=1S/C13H20N6/c1-11-10-18(9-8-16-11)13(17-15-2)19(14)12-6-4-3-5-7-12/h3-7,11,16H,2,8-10,14H2,1H3/b17-13-/t11-/m0/s1. The molecule has 1 aromatic rings. The second-order valence-corrected chi connectivity index (χ2v) is 4.55. The Morgan fingerprint density at radius 1 is 1.47 bits per heavy atom. The topological polar surface area (TPSA) is 69.2 Å². The van der Waals surface area contributed by atoms with Crippen molar-refractivity contribution in [1.29, 1.82) is 0 Å². The number of guanidine groups is 1. The molecular weight excluding hydrogens is 240 g/mol. The first-order valence-corrected chi connectivity index (χ1v) is 6.34. The van der Waals surface area contributed by atoms with E-state index in [1.165, 1.54) is 0 Å². The summed E-state index contributed by atoms with van der Waals surface area (Å²) in [5.74, 6) is 6.77. The van der Waals surface area contributed by atoms with E-state index < -0.39 is 0 Å². The number of piperazine rings is 1. The fraction of sp³-hybridized carbons (Fsp3) is 0.385. The van der Waals surface area contributed by atoms with Gasteiger partial charge in [-0.1, -0.05) is 18.2 Å². The van der Waals surface area contributed by atoms with Gasteiger partial charge in [0.2, 0.25) is 5.96 Å². The molecule has 1 aliphatic heterocycles. The summed E-state index contributed by atoms with van der Waals surface area (Å²) in [6.07, 6.45) is 0. The molecule has 0 unspecified atom stereocenters. The van der Waals surface area contributed by atoms with Gasteiger partial charge in [0.05, 0.1) is 5.69 Å². The van der Waals surface area contributed by atoms with Crippen LogP contribution in [0.2, 0.25) is 0 Å². The van der Waals surface area contributed by atoms with E-state index in [1.54, 1.807) is 5.01 Å². The van der Waals surface area contributed by atoms with Crippen molar-refractivity contribution >= 4 is 18.4 Å². The molecule has 1 fully saturated rings. The van der Waals surface area contributed by atoms with Crippen LogP contribution in [-0.4, -0.2) is 43.3 Å². The first-order chi connectivity index (χ1) is 9.22. The first-order valence-electron chi connectivity index (χ1n) is 6.34. The lowest BCUT2D eigenvalue weighted by Gasteiger charge is -2.36. The van der Waals surface area contributed by atoms with Gasteiger partial charge in [-0.15, -0.1) is 5.10 Å². The molecular formula is C13H20N6. The van der Waals surface area contributed by atoms with Crippen LogP contribution < -0.4 is 16.2 Å². The summed E-state index contributed by atoms with van der Waals surface area (Å²) < 4.78 is 0. The van der Waals surface area contributed by atoms with Gasteiger partial charge in [0.1, 0.15) is 0 Å². The van der Waals surface area contributed by atoms with E-state index in [1.807, 2.05) is 30.3 Å². The summed E-state index contributed by atoms with van der Waals surface area (Å²) in [6.45, 7) is 8.15. The van der Waals surface area contributed by atoms with Gasteiger partial charge in [-0.2, -0.15) is 5.10 Å². The molecule has 0 aliphatic carbocycles. The maximum atomic E-state index is 6.15. The predicted molar refractivity (Wildman–Crippen MR) is 79.1 cm³/mol. The quantitative estimate of drug-likeness (QED) is 0.354. The predicted octanol–water partition coefficient (Wildman–Crippen LogP) is 0.632. The van der Waals surface area contributed by atoms with Gasteiger partial charge in [0.15, 0.2) is 0 Å². The van der Waals surface area contributed by atoms with Crippen LogP contribution in [0, 0.1) is 0 Å². The molecule has 0 bridgehead atoms. The molecule has 6 nitrogen and oxygen atoms in total. The maximum Gasteiger partial charge on any atom is 0.240 e. The monoisotopic (exact) mass is 260 g/mol. The Hall–Kier alpha value is -1.92. The van der Waals surface area contributed by atoms with Crippen molar-refractivity contribution in [3.63, 3.8) is 0 Å². The van der Waals surface area contributed by atoms with Crippen molar-refractivity contribution in [2.45, 2.75) is 13.0 Å². The number of rotatable bonds is 2. The van der Waals surface area contributed by atoms with Gasteiger partial charge in [-0.05, 0) is 19.1 Å². The van der Waals surface area contributed by atoms with Crippen molar-refractivity contribution < 1.29 is 0 Å². The smallest absolute Gasteiger partial charge is 0.240 e. The Labute approximate surface area is 113 Å². The third-order valence-corrected chi connectivity index (χ3v) is 3.06. The highest BCUT2D eigenvalue weighted by Gasteiger charge is 2.23. The summed E-state index contributed by atoms with van der Waals surface area (Å²) in [5, 5.41) is 12.7. The molecule has 1 heterocycles. The van der Waals surface area contributed by atoms with E-state index >= 15 is 0 Å². The highest BCUT2D eigenvalue weighted by Crippen LogP contribution is 2.13. The summed E-state index contributed by atoms with van der Waals surface area (Å²) >= 11 is 0. The number of nitrogens with two attached hydrogens (primary N) is 1. The fourth-order valence-electron chi connectivity index (χ4n) is 2.15. The lowest BCUT2D eigenvalue weighted by molar-refractivity contribution is 0.299. The fourth-order valence-corrected chi connectivity index (χ4v) is 2.15. The second kappa shape index (κ2) is 6.31. The second-order valence-electron chi connectivity index (χ2n) is 4.55. The third-order valence-electron chi connectivity index (χ3n) is 3.06. The van der Waals surface area contributed by atoms with Crippen LogP contribution >= 0.6 is 0 Å². The normalized spacial score (nSPS) is 20.2. The third kappa shape index (κ3) is 3.30. The molecule has 0 saturated carbocycles. The van der Waals surface area contributed by atoms with Gasteiger partial charge in [-0.3, -0.25) is 0 Å². The number of hydrogen-bond donors (Lipinski definition) is 2. The summed E-state index contributed by atoms with van der Waals surface area (Å²) in [7, 11) is 0. The molecule has 3 N–H and O–H groups in total. The number of anilines is 1.